The highest BCUT2D eigenvalue weighted by atomic mass is 16.5. The van der Waals surface area contributed by atoms with Crippen molar-refractivity contribution in [1.82, 2.24) is 0 Å². The van der Waals surface area contributed by atoms with E-state index in [4.69, 9.17) is 4.74 Å². The van der Waals surface area contributed by atoms with Gasteiger partial charge in [0.05, 0.1) is 0 Å². The monoisotopic (exact) mass is 266 g/mol. The molecule has 3 heteroatoms. The minimum atomic E-state index is 0.186. The van der Waals surface area contributed by atoms with Crippen molar-refractivity contribution >= 4 is 10.8 Å². The zero-order valence-corrected chi connectivity index (χ0v) is 10.8. The number of hydrogen-bond donors (Lipinski definition) is 2. The van der Waals surface area contributed by atoms with Crippen molar-refractivity contribution in [3.05, 3.63) is 66.2 Å². The Balaban J connectivity index is 1.80. The number of hydrogen-bond acceptors (Lipinski definition) is 3. The molecule has 100 valence electrons. The van der Waals surface area contributed by atoms with Crippen molar-refractivity contribution < 1.29 is 14.9 Å². The first-order valence-electron chi connectivity index (χ1n) is 6.34. The second-order valence-corrected chi connectivity index (χ2v) is 4.65. The molecule has 0 aromatic heterocycles. The molecule has 3 rings (SSSR count). The van der Waals surface area contributed by atoms with Crippen molar-refractivity contribution in [3.8, 4) is 17.2 Å². The van der Waals surface area contributed by atoms with Crippen LogP contribution in [0.5, 0.6) is 17.2 Å². The Morgan fingerprint density at radius 2 is 1.55 bits per heavy atom. The van der Waals surface area contributed by atoms with Gasteiger partial charge in [0, 0.05) is 6.07 Å². The van der Waals surface area contributed by atoms with Gasteiger partial charge in [0.2, 0.25) is 0 Å². The minimum absolute atomic E-state index is 0.186. The van der Waals surface area contributed by atoms with Crippen LogP contribution in [0.3, 0.4) is 0 Å². The highest BCUT2D eigenvalue weighted by molar-refractivity contribution is 5.84. The van der Waals surface area contributed by atoms with Gasteiger partial charge in [0.15, 0.2) is 0 Å². The fraction of sp³-hybridized carbons (Fsp3) is 0.0588. The molecule has 0 saturated carbocycles. The maximum Gasteiger partial charge on any atom is 0.123 e. The number of phenolic OH excluding ortho intramolecular Hbond substituents is 2. The average molecular weight is 266 g/mol. The smallest absolute Gasteiger partial charge is 0.123 e. The third kappa shape index (κ3) is 2.67. The lowest BCUT2D eigenvalue weighted by molar-refractivity contribution is 0.304. The molecule has 0 fully saturated rings. The normalized spacial score (nSPS) is 10.6. The number of rotatable bonds is 3. The SMILES string of the molecule is Oc1cccc(OCc2ccc3ccc(O)cc3c2)c1. The van der Waals surface area contributed by atoms with Crippen molar-refractivity contribution in [1.29, 1.82) is 0 Å². The Hall–Kier alpha value is -2.68. The Morgan fingerprint density at radius 3 is 2.40 bits per heavy atom. The summed E-state index contributed by atoms with van der Waals surface area (Å²) in [6.07, 6.45) is 0. The summed E-state index contributed by atoms with van der Waals surface area (Å²) in [7, 11) is 0. The molecule has 0 bridgehead atoms. The van der Waals surface area contributed by atoms with Crippen molar-refractivity contribution in [3.63, 3.8) is 0 Å². The number of fused-ring (bicyclic) bond motifs is 1. The molecule has 2 N–H and O–H groups in total. The molecule has 0 heterocycles. The van der Waals surface area contributed by atoms with Crippen LogP contribution in [0.25, 0.3) is 10.8 Å². The van der Waals surface area contributed by atoms with Crippen molar-refractivity contribution in [2.75, 3.05) is 0 Å². The summed E-state index contributed by atoms with van der Waals surface area (Å²) in [4.78, 5) is 0. The van der Waals surface area contributed by atoms with E-state index in [9.17, 15) is 10.2 Å². The fourth-order valence-electron chi connectivity index (χ4n) is 2.11. The zero-order valence-electron chi connectivity index (χ0n) is 10.8. The summed E-state index contributed by atoms with van der Waals surface area (Å²) >= 11 is 0. The molecule has 0 atom stereocenters. The van der Waals surface area contributed by atoms with E-state index in [2.05, 4.69) is 0 Å². The number of phenols is 2. The van der Waals surface area contributed by atoms with Crippen LogP contribution in [0.1, 0.15) is 5.56 Å². The molecule has 0 unspecified atom stereocenters. The maximum atomic E-state index is 9.50. The van der Waals surface area contributed by atoms with E-state index in [0.29, 0.717) is 12.4 Å². The predicted molar refractivity (Wildman–Crippen MR) is 78.1 cm³/mol. The van der Waals surface area contributed by atoms with Crippen molar-refractivity contribution in [2.45, 2.75) is 6.61 Å². The number of ether oxygens (including phenoxy) is 1. The quantitative estimate of drug-likeness (QED) is 0.757. The van der Waals surface area contributed by atoms with Gasteiger partial charge in [-0.15, -0.1) is 0 Å². The predicted octanol–water partition coefficient (Wildman–Crippen LogP) is 3.83. The average Bonchev–Trinajstić information content (AvgIpc) is 2.45. The first-order valence-corrected chi connectivity index (χ1v) is 6.34. The molecule has 0 saturated heterocycles. The van der Waals surface area contributed by atoms with Crippen LogP contribution in [-0.2, 0) is 6.61 Å². The summed E-state index contributed by atoms with van der Waals surface area (Å²) in [5.74, 6) is 1.07. The van der Waals surface area contributed by atoms with Gasteiger partial charge in [0.1, 0.15) is 23.9 Å². The molecule has 3 aromatic rings. The molecule has 0 amide bonds. The summed E-state index contributed by atoms with van der Waals surface area (Å²) < 4.78 is 5.63. The van der Waals surface area contributed by atoms with Crippen LogP contribution in [0, 0.1) is 0 Å². The Morgan fingerprint density at radius 1 is 0.750 bits per heavy atom. The summed E-state index contributed by atoms with van der Waals surface area (Å²) in [5, 5.41) is 20.9. The molecule has 0 aliphatic carbocycles. The van der Waals surface area contributed by atoms with Gasteiger partial charge in [-0.1, -0.05) is 24.3 Å². The highest BCUT2D eigenvalue weighted by Crippen LogP contribution is 2.23. The van der Waals surface area contributed by atoms with Gasteiger partial charge in [-0.3, -0.25) is 0 Å². The van der Waals surface area contributed by atoms with E-state index < -0.39 is 0 Å². The lowest BCUT2D eigenvalue weighted by Crippen LogP contribution is -1.95. The lowest BCUT2D eigenvalue weighted by Gasteiger charge is -2.08. The first kappa shape index (κ1) is 12.4. The van der Waals surface area contributed by atoms with Gasteiger partial charge < -0.3 is 14.9 Å². The van der Waals surface area contributed by atoms with Gasteiger partial charge in [-0.2, -0.15) is 0 Å². The summed E-state index contributed by atoms with van der Waals surface area (Å²) in [6, 6.07) is 18.0. The van der Waals surface area contributed by atoms with E-state index in [0.717, 1.165) is 16.3 Å². The Bertz CT molecular complexity index is 750. The highest BCUT2D eigenvalue weighted by Gasteiger charge is 2.00. The van der Waals surface area contributed by atoms with Gasteiger partial charge in [-0.25, -0.2) is 0 Å². The molecule has 0 spiro atoms. The van der Waals surface area contributed by atoms with Crippen LogP contribution in [0.2, 0.25) is 0 Å². The van der Waals surface area contributed by atoms with Crippen LogP contribution in [0.15, 0.2) is 60.7 Å². The third-order valence-corrected chi connectivity index (χ3v) is 3.11. The minimum Gasteiger partial charge on any atom is -0.508 e. The second-order valence-electron chi connectivity index (χ2n) is 4.65. The lowest BCUT2D eigenvalue weighted by atomic mass is 10.1. The summed E-state index contributed by atoms with van der Waals surface area (Å²) in [6.45, 7) is 0.412. The van der Waals surface area contributed by atoms with Gasteiger partial charge >= 0.3 is 0 Å². The van der Waals surface area contributed by atoms with E-state index in [1.807, 2.05) is 24.3 Å². The second kappa shape index (κ2) is 5.13. The molecule has 3 nitrogen and oxygen atoms in total. The Labute approximate surface area is 116 Å². The molecule has 0 aliphatic rings. The first-order chi connectivity index (χ1) is 9.70. The van der Waals surface area contributed by atoms with Gasteiger partial charge in [-0.05, 0) is 46.7 Å². The van der Waals surface area contributed by atoms with E-state index in [-0.39, 0.29) is 11.5 Å². The fourth-order valence-corrected chi connectivity index (χ4v) is 2.11. The molecular weight excluding hydrogens is 252 g/mol. The Kier molecular flexibility index (Phi) is 3.17. The maximum absolute atomic E-state index is 9.50. The molecule has 0 radical (unpaired) electrons. The topological polar surface area (TPSA) is 49.7 Å². The number of aromatic hydroxyl groups is 2. The van der Waals surface area contributed by atoms with Crippen LogP contribution in [-0.4, -0.2) is 10.2 Å². The van der Waals surface area contributed by atoms with Crippen LogP contribution in [0.4, 0.5) is 0 Å². The van der Waals surface area contributed by atoms with Gasteiger partial charge in [0.25, 0.3) is 0 Å². The van der Waals surface area contributed by atoms with Crippen molar-refractivity contribution in [2.24, 2.45) is 0 Å². The standard InChI is InChI=1S/C17H14O3/c18-15-2-1-3-17(10-15)20-11-12-4-5-13-6-7-16(19)9-14(13)8-12/h1-10,18-19H,11H2. The van der Waals surface area contributed by atoms with E-state index >= 15 is 0 Å². The third-order valence-electron chi connectivity index (χ3n) is 3.11. The van der Waals surface area contributed by atoms with E-state index in [1.54, 1.807) is 36.4 Å². The molecule has 20 heavy (non-hydrogen) atoms. The van der Waals surface area contributed by atoms with E-state index in [1.165, 1.54) is 0 Å². The molecule has 3 aromatic carbocycles. The van der Waals surface area contributed by atoms with Crippen LogP contribution >= 0.6 is 0 Å². The molecule has 0 aliphatic heterocycles. The molecular formula is C17H14O3. The zero-order chi connectivity index (χ0) is 13.9. The number of benzene rings is 3. The largest absolute Gasteiger partial charge is 0.508 e. The van der Waals surface area contributed by atoms with Crippen LogP contribution < -0.4 is 4.74 Å². The summed E-state index contributed by atoms with van der Waals surface area (Å²) in [5.41, 5.74) is 1.01.